The molecule has 3 aromatic rings. The molecule has 2 heterocycles. The molecule has 2 atom stereocenters. The van der Waals surface area contributed by atoms with Crippen LogP contribution in [-0.2, 0) is 23.6 Å². The fourth-order valence-corrected chi connectivity index (χ4v) is 5.06. The molecule has 1 aliphatic rings. The van der Waals surface area contributed by atoms with E-state index in [4.69, 9.17) is 4.74 Å². The van der Waals surface area contributed by atoms with Crippen molar-refractivity contribution >= 4 is 39.9 Å². The van der Waals surface area contributed by atoms with Crippen LogP contribution in [0.1, 0.15) is 33.5 Å². The summed E-state index contributed by atoms with van der Waals surface area (Å²) in [6.07, 6.45) is -4.92. The highest BCUT2D eigenvalue weighted by molar-refractivity contribution is 7.74. The number of ether oxygens (including phenoxy) is 1. The van der Waals surface area contributed by atoms with Crippen molar-refractivity contribution in [1.82, 2.24) is 20.2 Å². The van der Waals surface area contributed by atoms with Gasteiger partial charge in [0.1, 0.15) is 23.3 Å². The first-order chi connectivity index (χ1) is 20.8. The number of alkyl halides is 4. The molecule has 16 heteroatoms. The smallest absolute Gasteiger partial charge is 0.421 e. The van der Waals surface area contributed by atoms with Crippen LogP contribution in [0.4, 0.5) is 40.7 Å². The molecule has 0 radical (unpaired) electrons. The molecule has 1 aromatic heterocycles. The summed E-state index contributed by atoms with van der Waals surface area (Å²) in [5.41, 5.74) is 0.837. The van der Waals surface area contributed by atoms with E-state index in [1.165, 1.54) is 32.4 Å². The van der Waals surface area contributed by atoms with E-state index in [0.29, 0.717) is 30.4 Å². The maximum absolute atomic E-state index is 14.4. The second-order valence-electron chi connectivity index (χ2n) is 10.4. The molecular formula is C28H33F4N7O4S. The van der Waals surface area contributed by atoms with Crippen LogP contribution >= 0.6 is 0 Å². The summed E-state index contributed by atoms with van der Waals surface area (Å²) in [7, 11) is 1.52. The quantitative estimate of drug-likeness (QED) is 0.193. The lowest BCUT2D eigenvalue weighted by molar-refractivity contribution is -0.137. The van der Waals surface area contributed by atoms with Gasteiger partial charge in [0.05, 0.1) is 24.5 Å². The average molecular weight is 640 g/mol. The molecule has 0 spiro atoms. The SMILES string of the molecule is COc1cc(C(=O)N[C@@H]2CCN(C)C[C@H]2F)ccc1Nc1ncc(C(F)(F)F)c(NCc2ccc(C)cc2N(C)[SH](=O)=O)n1. The summed E-state index contributed by atoms with van der Waals surface area (Å²) in [6.45, 7) is 2.45. The lowest BCUT2D eigenvalue weighted by Gasteiger charge is -2.32. The second kappa shape index (κ2) is 13.6. The summed E-state index contributed by atoms with van der Waals surface area (Å²) in [6, 6.07) is 8.66. The minimum absolute atomic E-state index is 0.174. The number of methoxy groups -OCH3 is 1. The van der Waals surface area contributed by atoms with Gasteiger partial charge in [0.25, 0.3) is 5.91 Å². The number of likely N-dealkylation sites (tertiary alicyclic amines) is 1. The van der Waals surface area contributed by atoms with Gasteiger partial charge in [-0.1, -0.05) is 12.1 Å². The van der Waals surface area contributed by atoms with Gasteiger partial charge in [0, 0.05) is 38.4 Å². The Morgan fingerprint density at radius 1 is 1.20 bits per heavy atom. The first kappa shape index (κ1) is 32.7. The topological polar surface area (TPSA) is 129 Å². The number of halogens is 4. The Morgan fingerprint density at radius 2 is 1.95 bits per heavy atom. The number of nitrogens with one attached hydrogen (secondary N) is 3. The fraction of sp³-hybridized carbons (Fsp3) is 0.393. The van der Waals surface area contributed by atoms with Crippen molar-refractivity contribution in [2.24, 2.45) is 0 Å². The van der Waals surface area contributed by atoms with E-state index < -0.39 is 46.6 Å². The maximum atomic E-state index is 14.4. The zero-order valence-corrected chi connectivity index (χ0v) is 25.3. The Labute approximate surface area is 253 Å². The molecule has 238 valence electrons. The standard InChI is InChI=1S/C28H33F4N7O4S/c1-16-5-6-18(23(11-16)39(3)44(41)42)13-33-25-19(28(30,31)32)14-34-27(37-25)36-22-8-7-17(12-24(22)43-4)26(40)35-21-9-10-38(2)15-20(21)29/h5-8,11-12,14,20-21,44H,9-10,13,15H2,1-4H3,(H,35,40)(H2,33,34,36,37)/t20-,21-/m1/s1. The van der Waals surface area contributed by atoms with Crippen LogP contribution in [0, 0.1) is 6.92 Å². The summed E-state index contributed by atoms with van der Waals surface area (Å²) in [5, 5.41) is 8.18. The molecule has 1 fully saturated rings. The molecular weight excluding hydrogens is 606 g/mol. The molecule has 44 heavy (non-hydrogen) atoms. The van der Waals surface area contributed by atoms with Crippen molar-refractivity contribution in [3.05, 3.63) is 64.8 Å². The molecule has 1 amide bonds. The van der Waals surface area contributed by atoms with Crippen LogP contribution in [0.15, 0.2) is 42.6 Å². The van der Waals surface area contributed by atoms with Gasteiger partial charge < -0.3 is 25.6 Å². The predicted molar refractivity (Wildman–Crippen MR) is 159 cm³/mol. The van der Waals surface area contributed by atoms with Crippen LogP contribution in [0.3, 0.4) is 0 Å². The van der Waals surface area contributed by atoms with Gasteiger partial charge in [-0.25, -0.2) is 17.8 Å². The highest BCUT2D eigenvalue weighted by atomic mass is 32.2. The average Bonchev–Trinajstić information content (AvgIpc) is 2.97. The number of aryl methyl sites for hydroxylation is 1. The summed E-state index contributed by atoms with van der Waals surface area (Å²) < 4.78 is 85.5. The van der Waals surface area contributed by atoms with E-state index in [0.717, 1.165) is 9.87 Å². The lowest BCUT2D eigenvalue weighted by atomic mass is 10.0. The number of thiol groups is 1. The Bertz CT molecular complexity index is 1580. The summed E-state index contributed by atoms with van der Waals surface area (Å²) in [5.74, 6) is -1.06. The predicted octanol–water partition coefficient (Wildman–Crippen LogP) is 3.90. The zero-order chi connectivity index (χ0) is 32.2. The number of hydrogen-bond acceptors (Lipinski definition) is 9. The molecule has 1 aliphatic heterocycles. The molecule has 1 saturated heterocycles. The van der Waals surface area contributed by atoms with Gasteiger partial charge in [-0.2, -0.15) is 18.2 Å². The van der Waals surface area contributed by atoms with Crippen LogP contribution < -0.4 is 25.0 Å². The molecule has 2 aromatic carbocycles. The molecule has 0 bridgehead atoms. The van der Waals surface area contributed by atoms with Gasteiger partial charge in [0.15, 0.2) is 0 Å². The Balaban J connectivity index is 1.56. The molecule has 0 unspecified atom stereocenters. The van der Waals surface area contributed by atoms with Crippen molar-refractivity contribution < 1.29 is 35.5 Å². The lowest BCUT2D eigenvalue weighted by Crippen LogP contribution is -2.51. The minimum atomic E-state index is -4.79. The first-order valence-electron chi connectivity index (χ1n) is 13.5. The number of hydrogen-bond donors (Lipinski definition) is 4. The van der Waals surface area contributed by atoms with Crippen molar-refractivity contribution in [3.63, 3.8) is 0 Å². The van der Waals surface area contributed by atoms with Crippen molar-refractivity contribution in [2.45, 2.75) is 38.3 Å². The fourth-order valence-electron chi connectivity index (χ4n) is 4.70. The summed E-state index contributed by atoms with van der Waals surface area (Å²) in [4.78, 5) is 22.5. The second-order valence-corrected chi connectivity index (χ2v) is 11.5. The number of nitrogens with zero attached hydrogens (tertiary/aromatic N) is 4. The Kier molecular flexibility index (Phi) is 10.1. The number of rotatable bonds is 10. The number of carbonyl (C=O) groups is 1. The largest absolute Gasteiger partial charge is 0.495 e. The van der Waals surface area contributed by atoms with Gasteiger partial charge >= 0.3 is 6.18 Å². The third-order valence-corrected chi connectivity index (χ3v) is 7.85. The normalized spacial score (nSPS) is 17.3. The highest BCUT2D eigenvalue weighted by Crippen LogP contribution is 2.35. The molecule has 4 rings (SSSR count). The Morgan fingerprint density at radius 3 is 2.61 bits per heavy atom. The zero-order valence-electron chi connectivity index (χ0n) is 24.4. The molecule has 3 N–H and O–H groups in total. The van der Waals surface area contributed by atoms with Gasteiger partial charge in [-0.15, -0.1) is 0 Å². The number of amides is 1. The number of carbonyl (C=O) groups excluding carboxylic acids is 1. The molecule has 0 saturated carbocycles. The van der Waals surface area contributed by atoms with E-state index >= 15 is 0 Å². The summed E-state index contributed by atoms with van der Waals surface area (Å²) >= 11 is 0. The van der Waals surface area contributed by atoms with E-state index in [1.54, 1.807) is 32.2 Å². The van der Waals surface area contributed by atoms with Crippen LogP contribution in [0.5, 0.6) is 5.75 Å². The number of aromatic nitrogens is 2. The van der Waals surface area contributed by atoms with Gasteiger partial charge in [-0.3, -0.25) is 9.10 Å². The van der Waals surface area contributed by atoms with Gasteiger partial charge in [-0.05, 0) is 55.8 Å². The van der Waals surface area contributed by atoms with E-state index in [1.807, 2.05) is 4.90 Å². The van der Waals surface area contributed by atoms with E-state index in [9.17, 15) is 30.8 Å². The van der Waals surface area contributed by atoms with Crippen LogP contribution in [-0.4, -0.2) is 75.7 Å². The third kappa shape index (κ3) is 7.85. The number of anilines is 4. The number of benzene rings is 2. The van der Waals surface area contributed by atoms with Crippen LogP contribution in [0.2, 0.25) is 0 Å². The van der Waals surface area contributed by atoms with Gasteiger partial charge in [0.2, 0.25) is 16.8 Å². The minimum Gasteiger partial charge on any atom is -0.495 e. The highest BCUT2D eigenvalue weighted by Gasteiger charge is 2.35. The van der Waals surface area contributed by atoms with Crippen molar-refractivity contribution in [3.8, 4) is 5.75 Å². The van der Waals surface area contributed by atoms with Crippen molar-refractivity contribution in [2.75, 3.05) is 49.2 Å². The van der Waals surface area contributed by atoms with Crippen molar-refractivity contribution in [1.29, 1.82) is 0 Å². The molecule has 0 aliphatic carbocycles. The maximum Gasteiger partial charge on any atom is 0.421 e. The van der Waals surface area contributed by atoms with Crippen LogP contribution in [0.25, 0.3) is 0 Å². The third-order valence-electron chi connectivity index (χ3n) is 7.15. The molecule has 11 nitrogen and oxygen atoms in total. The Hall–Kier alpha value is -4.18. The first-order valence-corrected chi connectivity index (χ1v) is 14.6. The van der Waals surface area contributed by atoms with E-state index in [2.05, 4.69) is 25.9 Å². The monoisotopic (exact) mass is 639 g/mol. The van der Waals surface area contributed by atoms with E-state index in [-0.39, 0.29) is 36.0 Å². The number of piperidine rings is 1.